The van der Waals surface area contributed by atoms with Crippen molar-refractivity contribution in [2.75, 3.05) is 19.7 Å². The van der Waals surface area contributed by atoms with Crippen molar-refractivity contribution in [2.45, 2.75) is 165 Å². The number of ether oxygens (including phenoxy) is 1. The first-order chi connectivity index (χ1) is 32.8. The van der Waals surface area contributed by atoms with Crippen LogP contribution in [-0.2, 0) is 49.2 Å². The van der Waals surface area contributed by atoms with Crippen LogP contribution in [0.3, 0.4) is 0 Å². The number of carbonyl (C=O) groups is 5. The van der Waals surface area contributed by atoms with E-state index in [0.717, 1.165) is 61.7 Å². The van der Waals surface area contributed by atoms with Crippen LogP contribution in [0.15, 0.2) is 78.2 Å². The molecule has 10 rings (SSSR count). The average molecular weight is 1040 g/mol. The third kappa shape index (κ3) is 22.1. The number of aldehydes is 1. The van der Waals surface area contributed by atoms with Crippen molar-refractivity contribution in [3.05, 3.63) is 111 Å². The third-order valence-electron chi connectivity index (χ3n) is 13.3. The van der Waals surface area contributed by atoms with Gasteiger partial charge in [-0.05, 0) is 82.1 Å². The summed E-state index contributed by atoms with van der Waals surface area (Å²) in [5.41, 5.74) is 1.72. The van der Waals surface area contributed by atoms with Crippen LogP contribution in [-0.4, -0.2) is 78.9 Å². The number of ketones is 4. The number of hydrogen-bond donors (Lipinski definition) is 0. The fourth-order valence-electron chi connectivity index (χ4n) is 9.17. The normalized spacial score (nSPS) is 20.1. The molecule has 13 nitrogen and oxygen atoms in total. The fourth-order valence-corrected chi connectivity index (χ4v) is 9.17. The van der Waals surface area contributed by atoms with Crippen molar-refractivity contribution >= 4 is 29.4 Å². The summed E-state index contributed by atoms with van der Waals surface area (Å²) in [6.07, 6.45) is 25.2. The average Bonchev–Trinajstić information content (AvgIpc) is 4.21. The van der Waals surface area contributed by atoms with Crippen LogP contribution in [0.2, 0.25) is 0 Å². The number of rotatable bonds is 6. The predicted molar refractivity (Wildman–Crippen MR) is 283 cm³/mol. The molecule has 0 radical (unpaired) electrons. The van der Waals surface area contributed by atoms with Gasteiger partial charge in [-0.3, -0.25) is 29.1 Å². The summed E-state index contributed by atoms with van der Waals surface area (Å²) in [6, 6.07) is 15.0. The van der Waals surface area contributed by atoms with E-state index in [9.17, 15) is 24.0 Å². The van der Waals surface area contributed by atoms with Gasteiger partial charge >= 0.3 is 17.1 Å². The number of fused-ring (bicyclic) bond motifs is 3. The summed E-state index contributed by atoms with van der Waals surface area (Å²) >= 11 is 0. The molecule has 72 heavy (non-hydrogen) atoms. The quantitative estimate of drug-likeness (QED) is 0.0777. The smallest absolute Gasteiger partial charge is 0.492 e. The third-order valence-corrected chi connectivity index (χ3v) is 13.3. The number of para-hydroxylation sites is 1. The molecule has 3 aromatic heterocycles. The van der Waals surface area contributed by atoms with Crippen molar-refractivity contribution in [1.82, 2.24) is 29.8 Å². The van der Waals surface area contributed by atoms with E-state index in [0.29, 0.717) is 60.8 Å². The van der Waals surface area contributed by atoms with E-state index >= 15 is 0 Å². The van der Waals surface area contributed by atoms with Crippen LogP contribution in [0.5, 0.6) is 5.75 Å². The van der Waals surface area contributed by atoms with E-state index < -0.39 is 0 Å². The summed E-state index contributed by atoms with van der Waals surface area (Å²) in [6.45, 7) is 22.2. The Kier molecular flexibility index (Phi) is 29.2. The summed E-state index contributed by atoms with van der Waals surface area (Å²) in [5.74, 6) is 5.15. The van der Waals surface area contributed by atoms with E-state index in [2.05, 4.69) is 58.5 Å². The summed E-state index contributed by atoms with van der Waals surface area (Å²) in [7, 11) is 0. The van der Waals surface area contributed by atoms with Crippen molar-refractivity contribution < 1.29 is 50.3 Å². The molecule has 2 aliphatic heterocycles. The number of aromatic nitrogens is 5. The summed E-state index contributed by atoms with van der Waals surface area (Å²) in [5, 5.41) is 7.88. The Hall–Kier alpha value is -4.91. The van der Waals surface area contributed by atoms with E-state index in [1.807, 2.05) is 63.4 Å². The largest absolute Gasteiger partial charge is 2.00 e. The number of likely N-dealkylation sites (tertiary alicyclic amines) is 1. The van der Waals surface area contributed by atoms with Crippen LogP contribution < -0.4 is 4.74 Å². The number of allylic oxidation sites excluding steroid dienone is 1. The Morgan fingerprint density at radius 3 is 1.94 bits per heavy atom. The number of Topliss-reactive ketones (excluding diaryl/α,β-unsaturated/α-hetero) is 4. The van der Waals surface area contributed by atoms with E-state index in [1.165, 1.54) is 82.1 Å². The Morgan fingerprint density at radius 2 is 1.49 bits per heavy atom. The molecule has 5 fully saturated rings. The second-order valence-corrected chi connectivity index (χ2v) is 21.0. The molecule has 2 bridgehead atoms. The Labute approximate surface area is 443 Å². The Morgan fingerprint density at radius 1 is 0.875 bits per heavy atom. The molecule has 5 heterocycles. The molecule has 398 valence electrons. The molecule has 1 aromatic carbocycles. The van der Waals surface area contributed by atoms with E-state index in [1.54, 1.807) is 19.1 Å². The minimum atomic E-state index is -0.139. The summed E-state index contributed by atoms with van der Waals surface area (Å²) in [4.78, 5) is 65.2. The molecular weight excluding hydrogens is 949 g/mol. The van der Waals surface area contributed by atoms with Crippen LogP contribution in [0.4, 0.5) is 0 Å². The zero-order valence-electron chi connectivity index (χ0n) is 45.3. The standard InChI is InChI=1S/C11H14N2O.C10H16O.C9H10N4O2.C9H8O2.C7H12.C5H10O.C5H10.2CH3.Fe/c14-11-4-7-13(8-5-11)9-10-3-1-2-6-12-10;1-9(2)7-4-5-10(3,6-7)8(9)11;1-6(14)3-8-10-5-13(11-8)9-4-7(2)15-12-9;10-8-5-6-11-9-4-2-1-3-7(8)9;1-2-7-5-3-4-6-7;1-5(2,3)4-6;1-2-4-5-3-1;;;/h1-3,6H,4-5,7-9H2;7H,4-6H2,1-3H3;4-5H,3H2,1-2H3;1-4H,5-6H2;2,7H,1,3-6H2;4H,1-3H3;1-5H2;2*1H3;/q;;;;;;;2*-1;+2/t;7-,10+;;;;;;;;/m.0......../s1. The molecule has 0 spiro atoms. The SMILES string of the molecule is C1CCCC1.C=CC1CCCC1.CC(=O)Cc1ncn(-c2cc(C)on2)n1.CC(C)(C)C=O.CC1(C)C(=O)[C@]2(C)CC[C@H]1C2.O=C1CCN(Cc2ccccn2)CC1.O=C1CCOc2ccccc21.[CH3-].[CH3-].[Fe+2]. The van der Waals surface area contributed by atoms with Crippen molar-refractivity contribution in [3.63, 3.8) is 0 Å². The van der Waals surface area contributed by atoms with Crippen LogP contribution in [0, 0.1) is 49.9 Å². The topological polar surface area (TPSA) is 167 Å². The molecular formula is C58H86FeN6O7. The molecule has 0 unspecified atom stereocenters. The van der Waals surface area contributed by atoms with Crippen molar-refractivity contribution in [2.24, 2.45) is 28.1 Å². The molecule has 14 heteroatoms. The van der Waals surface area contributed by atoms with E-state index in [-0.39, 0.29) is 66.2 Å². The van der Waals surface area contributed by atoms with Gasteiger partial charge in [0.15, 0.2) is 17.4 Å². The second kappa shape index (κ2) is 32.3. The zero-order valence-corrected chi connectivity index (χ0v) is 46.4. The van der Waals surface area contributed by atoms with Crippen LogP contribution >= 0.6 is 0 Å². The maximum Gasteiger partial charge on any atom is 2.00 e. The second-order valence-electron chi connectivity index (χ2n) is 21.0. The van der Waals surface area contributed by atoms with Gasteiger partial charge in [0.25, 0.3) is 0 Å². The first-order valence-electron chi connectivity index (χ1n) is 25.2. The van der Waals surface area contributed by atoms with Gasteiger partial charge in [0.05, 0.1) is 24.3 Å². The first-order valence-corrected chi connectivity index (χ1v) is 25.2. The zero-order chi connectivity index (χ0) is 50.5. The molecule has 0 N–H and O–H groups in total. The van der Waals surface area contributed by atoms with Crippen LogP contribution in [0.25, 0.3) is 5.82 Å². The molecule has 4 aromatic rings. The van der Waals surface area contributed by atoms with Gasteiger partial charge in [0.1, 0.15) is 41.5 Å². The number of hydrogen-bond acceptors (Lipinski definition) is 12. The first kappa shape index (κ1) is 65.1. The van der Waals surface area contributed by atoms with E-state index in [4.69, 9.17) is 9.26 Å². The molecule has 0 amide bonds. The molecule has 2 atom stereocenters. The minimum Gasteiger partial charge on any atom is -0.492 e. The van der Waals surface area contributed by atoms with Gasteiger partial charge in [0.2, 0.25) is 0 Å². The van der Waals surface area contributed by atoms with Gasteiger partial charge in [-0.15, -0.1) is 11.7 Å². The van der Waals surface area contributed by atoms with Gasteiger partial charge < -0.3 is 28.9 Å². The minimum absolute atomic E-state index is 0. The number of piperidine rings is 1. The number of carbonyl (C=O) groups excluding carboxylic acids is 5. The van der Waals surface area contributed by atoms with Crippen LogP contribution in [0.1, 0.15) is 172 Å². The maximum atomic E-state index is 11.8. The molecule has 6 aliphatic rings. The van der Waals surface area contributed by atoms with Crippen molar-refractivity contribution in [3.8, 4) is 11.6 Å². The number of benzene rings is 1. The number of aryl methyl sites for hydroxylation is 1. The monoisotopic (exact) mass is 1030 g/mol. The van der Waals surface area contributed by atoms with Gasteiger partial charge in [-0.2, -0.15) is 4.68 Å². The molecule has 4 aliphatic carbocycles. The molecule has 1 saturated heterocycles. The Balaban J connectivity index is 0.000000429. The van der Waals surface area contributed by atoms with Gasteiger partial charge in [-0.1, -0.05) is 116 Å². The predicted octanol–water partition coefficient (Wildman–Crippen LogP) is 12.4. The maximum absolute atomic E-state index is 11.8. The van der Waals surface area contributed by atoms with Gasteiger partial charge in [0, 0.05) is 67.4 Å². The van der Waals surface area contributed by atoms with Gasteiger partial charge in [-0.25, -0.2) is 4.98 Å². The summed E-state index contributed by atoms with van der Waals surface area (Å²) < 4.78 is 11.7. The number of pyridine rings is 1. The van der Waals surface area contributed by atoms with Crippen molar-refractivity contribution in [1.29, 1.82) is 0 Å². The fraction of sp³-hybridized carbons (Fsp3) is 0.569. The number of nitrogens with zero attached hydrogens (tertiary/aromatic N) is 6. The molecule has 4 saturated carbocycles. The Bertz CT molecular complexity index is 2210.